The van der Waals surface area contributed by atoms with E-state index in [0.717, 1.165) is 35.6 Å². The third kappa shape index (κ3) is 2.72. The van der Waals surface area contributed by atoms with E-state index in [4.69, 9.17) is 4.74 Å². The highest BCUT2D eigenvalue weighted by atomic mass is 32.2. The van der Waals surface area contributed by atoms with E-state index < -0.39 is 0 Å². The van der Waals surface area contributed by atoms with E-state index in [-0.39, 0.29) is 0 Å². The molecule has 112 valence electrons. The fraction of sp³-hybridized carbons (Fsp3) is 0.467. The zero-order valence-corrected chi connectivity index (χ0v) is 13.3. The monoisotopic (exact) mass is 304 g/mol. The predicted molar refractivity (Wildman–Crippen MR) is 85.8 cm³/mol. The molecular weight excluding hydrogens is 284 g/mol. The highest BCUT2D eigenvalue weighted by molar-refractivity contribution is 7.98. The predicted octanol–water partition coefficient (Wildman–Crippen LogP) is 2.99. The van der Waals surface area contributed by atoms with Gasteiger partial charge in [0.1, 0.15) is 5.75 Å². The quantitative estimate of drug-likeness (QED) is 0.812. The van der Waals surface area contributed by atoms with E-state index in [0.29, 0.717) is 0 Å². The lowest BCUT2D eigenvalue weighted by molar-refractivity contribution is 0.412. The van der Waals surface area contributed by atoms with E-state index in [1.165, 1.54) is 19.3 Å². The van der Waals surface area contributed by atoms with Crippen LogP contribution >= 0.6 is 11.8 Å². The third-order valence-corrected chi connectivity index (χ3v) is 4.39. The molecule has 0 radical (unpaired) electrons. The van der Waals surface area contributed by atoms with Gasteiger partial charge in [-0.05, 0) is 37.7 Å². The fourth-order valence-electron chi connectivity index (χ4n) is 2.72. The second kappa shape index (κ2) is 6.39. The van der Waals surface area contributed by atoms with Crippen LogP contribution in [0.5, 0.6) is 5.75 Å². The first-order valence-electron chi connectivity index (χ1n) is 7.23. The van der Waals surface area contributed by atoms with Crippen LogP contribution in [0.25, 0.3) is 5.69 Å². The largest absolute Gasteiger partial charge is 0.495 e. The molecule has 1 aliphatic heterocycles. The molecule has 1 saturated heterocycles. The first-order chi connectivity index (χ1) is 10.3. The Morgan fingerprint density at radius 1 is 1.10 bits per heavy atom. The number of rotatable bonds is 4. The van der Waals surface area contributed by atoms with E-state index in [2.05, 4.69) is 25.7 Å². The lowest BCUT2D eigenvalue weighted by Gasteiger charge is -2.28. The Balaban J connectivity index is 2.09. The van der Waals surface area contributed by atoms with E-state index in [9.17, 15) is 0 Å². The minimum Gasteiger partial charge on any atom is -0.495 e. The average molecular weight is 304 g/mol. The molecule has 1 aliphatic rings. The van der Waals surface area contributed by atoms with Crippen LogP contribution in [0.15, 0.2) is 29.4 Å². The van der Waals surface area contributed by atoms with Gasteiger partial charge in [-0.15, -0.1) is 10.2 Å². The molecule has 5 nitrogen and oxygen atoms in total. The Morgan fingerprint density at radius 2 is 1.86 bits per heavy atom. The molecule has 6 heteroatoms. The van der Waals surface area contributed by atoms with Crippen LogP contribution in [0.1, 0.15) is 19.3 Å². The van der Waals surface area contributed by atoms with E-state index in [1.54, 1.807) is 18.9 Å². The molecule has 0 bridgehead atoms. The van der Waals surface area contributed by atoms with Gasteiger partial charge in [0.25, 0.3) is 0 Å². The molecule has 1 aromatic carbocycles. The summed E-state index contributed by atoms with van der Waals surface area (Å²) in [5.41, 5.74) is 0.995. The lowest BCUT2D eigenvalue weighted by Crippen LogP contribution is -2.31. The highest BCUT2D eigenvalue weighted by Gasteiger charge is 2.22. The Labute approximate surface area is 129 Å². The number of hydrogen-bond acceptors (Lipinski definition) is 5. The summed E-state index contributed by atoms with van der Waals surface area (Å²) >= 11 is 1.60. The minimum atomic E-state index is 0.839. The summed E-state index contributed by atoms with van der Waals surface area (Å²) in [6.07, 6.45) is 5.76. The third-order valence-electron chi connectivity index (χ3n) is 3.76. The molecule has 2 heterocycles. The molecule has 0 unspecified atom stereocenters. The number of benzene rings is 1. The molecular formula is C15H20N4OS. The van der Waals surface area contributed by atoms with Gasteiger partial charge >= 0.3 is 0 Å². The molecule has 0 aliphatic carbocycles. The van der Waals surface area contributed by atoms with Gasteiger partial charge in [0, 0.05) is 13.1 Å². The van der Waals surface area contributed by atoms with E-state index >= 15 is 0 Å². The maximum absolute atomic E-state index is 5.51. The first-order valence-corrected chi connectivity index (χ1v) is 8.45. The van der Waals surface area contributed by atoms with Crippen molar-refractivity contribution < 1.29 is 4.74 Å². The van der Waals surface area contributed by atoms with Crippen LogP contribution in [0.4, 0.5) is 5.95 Å². The number of ether oxygens (including phenoxy) is 1. The zero-order chi connectivity index (χ0) is 14.7. The number of para-hydroxylation sites is 2. The summed E-state index contributed by atoms with van der Waals surface area (Å²) in [5, 5.41) is 9.65. The van der Waals surface area contributed by atoms with Gasteiger partial charge in [-0.1, -0.05) is 23.9 Å². The molecule has 1 aromatic heterocycles. The summed E-state index contributed by atoms with van der Waals surface area (Å²) in [6, 6.07) is 8.02. The van der Waals surface area contributed by atoms with Crippen LogP contribution in [-0.2, 0) is 0 Å². The van der Waals surface area contributed by atoms with Gasteiger partial charge in [0.2, 0.25) is 5.95 Å². The number of anilines is 1. The molecule has 0 atom stereocenters. The smallest absolute Gasteiger partial charge is 0.232 e. The summed E-state index contributed by atoms with van der Waals surface area (Å²) in [5.74, 6) is 1.76. The SMILES string of the molecule is COc1ccccc1-n1c(SC)nnc1N1CCCCC1. The maximum atomic E-state index is 5.51. The Kier molecular flexibility index (Phi) is 4.34. The van der Waals surface area contributed by atoms with Crippen LogP contribution < -0.4 is 9.64 Å². The number of methoxy groups -OCH3 is 1. The molecule has 0 saturated carbocycles. The van der Waals surface area contributed by atoms with Gasteiger partial charge in [-0.2, -0.15) is 0 Å². The fourth-order valence-corrected chi connectivity index (χ4v) is 3.20. The number of aromatic nitrogens is 3. The molecule has 3 rings (SSSR count). The summed E-state index contributed by atoms with van der Waals surface area (Å²) in [7, 11) is 1.70. The standard InChI is InChI=1S/C15H20N4OS/c1-20-13-9-5-4-8-12(13)19-14(16-17-15(19)21-2)18-10-6-3-7-11-18/h4-5,8-9H,3,6-7,10-11H2,1-2H3. The van der Waals surface area contributed by atoms with Gasteiger partial charge in [-0.3, -0.25) is 4.57 Å². The van der Waals surface area contributed by atoms with Crippen molar-refractivity contribution in [2.24, 2.45) is 0 Å². The second-order valence-corrected chi connectivity index (χ2v) is 5.82. The highest BCUT2D eigenvalue weighted by Crippen LogP contribution is 2.31. The topological polar surface area (TPSA) is 43.2 Å². The number of hydrogen-bond donors (Lipinski definition) is 0. The first kappa shape index (κ1) is 14.3. The minimum absolute atomic E-state index is 0.839. The van der Waals surface area contributed by atoms with Crippen LogP contribution in [0.2, 0.25) is 0 Å². The second-order valence-electron chi connectivity index (χ2n) is 5.04. The van der Waals surface area contributed by atoms with Gasteiger partial charge in [-0.25, -0.2) is 0 Å². The lowest BCUT2D eigenvalue weighted by atomic mass is 10.1. The number of thioether (sulfide) groups is 1. The number of nitrogens with zero attached hydrogens (tertiary/aromatic N) is 4. The van der Waals surface area contributed by atoms with Gasteiger partial charge < -0.3 is 9.64 Å². The molecule has 0 N–H and O–H groups in total. The Hall–Kier alpha value is -1.69. The Morgan fingerprint density at radius 3 is 2.57 bits per heavy atom. The van der Waals surface area contributed by atoms with Crippen molar-refractivity contribution in [3.8, 4) is 11.4 Å². The zero-order valence-electron chi connectivity index (χ0n) is 12.5. The normalized spacial score (nSPS) is 15.2. The van der Waals surface area contributed by atoms with Crippen molar-refractivity contribution in [1.29, 1.82) is 0 Å². The van der Waals surface area contributed by atoms with Crippen molar-refractivity contribution in [2.75, 3.05) is 31.4 Å². The molecule has 1 fully saturated rings. The molecule has 2 aromatic rings. The van der Waals surface area contributed by atoms with Gasteiger partial charge in [0.05, 0.1) is 12.8 Å². The summed E-state index contributed by atoms with van der Waals surface area (Å²) in [4.78, 5) is 2.32. The Bertz CT molecular complexity index is 607. The maximum Gasteiger partial charge on any atom is 0.232 e. The summed E-state index contributed by atoms with van der Waals surface area (Å²) in [6.45, 7) is 2.09. The number of piperidine rings is 1. The van der Waals surface area contributed by atoms with Crippen LogP contribution in [0, 0.1) is 0 Å². The van der Waals surface area contributed by atoms with Crippen molar-refractivity contribution >= 4 is 17.7 Å². The van der Waals surface area contributed by atoms with Crippen molar-refractivity contribution in [3.63, 3.8) is 0 Å². The molecule has 0 amide bonds. The van der Waals surface area contributed by atoms with E-state index in [1.807, 2.05) is 24.5 Å². The summed E-state index contributed by atoms with van der Waals surface area (Å²) < 4.78 is 7.61. The molecule has 21 heavy (non-hydrogen) atoms. The average Bonchev–Trinajstić information content (AvgIpc) is 2.99. The van der Waals surface area contributed by atoms with Crippen molar-refractivity contribution in [3.05, 3.63) is 24.3 Å². The van der Waals surface area contributed by atoms with Crippen molar-refractivity contribution in [1.82, 2.24) is 14.8 Å². The van der Waals surface area contributed by atoms with Crippen LogP contribution in [0.3, 0.4) is 0 Å². The van der Waals surface area contributed by atoms with Crippen LogP contribution in [-0.4, -0.2) is 41.2 Å². The molecule has 0 spiro atoms. The van der Waals surface area contributed by atoms with Crippen molar-refractivity contribution in [2.45, 2.75) is 24.4 Å². The van der Waals surface area contributed by atoms with Gasteiger partial charge in [0.15, 0.2) is 5.16 Å².